The van der Waals surface area contributed by atoms with Gasteiger partial charge in [-0.05, 0) is 37.1 Å². The summed E-state index contributed by atoms with van der Waals surface area (Å²) in [6.45, 7) is 1.27. The van der Waals surface area contributed by atoms with Gasteiger partial charge in [-0.1, -0.05) is 6.42 Å². The van der Waals surface area contributed by atoms with Crippen molar-refractivity contribution in [2.75, 3.05) is 18.5 Å². The summed E-state index contributed by atoms with van der Waals surface area (Å²) in [7, 11) is 0. The zero-order chi connectivity index (χ0) is 13.3. The summed E-state index contributed by atoms with van der Waals surface area (Å²) in [5.74, 6) is -0.0233. The van der Waals surface area contributed by atoms with Crippen LogP contribution in [-0.2, 0) is 4.74 Å². The van der Waals surface area contributed by atoms with E-state index in [2.05, 4.69) is 5.32 Å². The number of benzene rings is 1. The molecule has 1 aromatic carbocycles. The van der Waals surface area contributed by atoms with Gasteiger partial charge in [0, 0.05) is 24.6 Å². The molecule has 2 aliphatic rings. The predicted molar refractivity (Wildman–Crippen MR) is 71.5 cm³/mol. The minimum atomic E-state index is -0.690. The van der Waals surface area contributed by atoms with Crippen LogP contribution in [0, 0.1) is 11.7 Å². The lowest BCUT2D eigenvalue weighted by molar-refractivity contribution is -0.137. The highest BCUT2D eigenvalue weighted by atomic mass is 19.1. The minimum absolute atomic E-state index is 0.0283. The fourth-order valence-corrected chi connectivity index (χ4v) is 3.36. The normalized spacial score (nSPS) is 34.6. The monoisotopic (exact) mass is 265 g/mol. The molecule has 0 aromatic heterocycles. The lowest BCUT2D eigenvalue weighted by atomic mass is 9.69. The molecule has 1 heterocycles. The number of nitrogens with one attached hydrogen (secondary N) is 1. The third-order valence-corrected chi connectivity index (χ3v) is 4.51. The van der Waals surface area contributed by atoms with Gasteiger partial charge in [0.2, 0.25) is 0 Å². The Morgan fingerprint density at radius 3 is 2.84 bits per heavy atom. The number of hydrogen-bond acceptors (Lipinski definition) is 3. The second-order valence-corrected chi connectivity index (χ2v) is 5.65. The summed E-state index contributed by atoms with van der Waals surface area (Å²) < 4.78 is 18.4. The Balaban J connectivity index is 1.77. The maximum absolute atomic E-state index is 12.9. The third-order valence-electron chi connectivity index (χ3n) is 4.51. The van der Waals surface area contributed by atoms with Crippen LogP contribution in [0.1, 0.15) is 25.7 Å². The first-order valence-electron chi connectivity index (χ1n) is 7.01. The van der Waals surface area contributed by atoms with Crippen molar-refractivity contribution in [3.63, 3.8) is 0 Å². The first-order chi connectivity index (χ1) is 9.18. The lowest BCUT2D eigenvalue weighted by Crippen LogP contribution is -2.58. The molecule has 0 amide bonds. The number of ether oxygens (including phenoxy) is 1. The van der Waals surface area contributed by atoms with Crippen LogP contribution in [0.4, 0.5) is 10.1 Å². The molecule has 104 valence electrons. The number of halogens is 1. The van der Waals surface area contributed by atoms with E-state index < -0.39 is 5.60 Å². The molecule has 0 bridgehead atoms. The van der Waals surface area contributed by atoms with E-state index in [4.69, 9.17) is 4.74 Å². The average molecular weight is 265 g/mol. The van der Waals surface area contributed by atoms with Gasteiger partial charge in [0.15, 0.2) is 0 Å². The van der Waals surface area contributed by atoms with Gasteiger partial charge in [0.1, 0.15) is 5.82 Å². The molecule has 3 atom stereocenters. The Labute approximate surface area is 112 Å². The molecular weight excluding hydrogens is 245 g/mol. The Bertz CT molecular complexity index is 434. The van der Waals surface area contributed by atoms with Crippen LogP contribution in [0.3, 0.4) is 0 Å². The van der Waals surface area contributed by atoms with E-state index in [0.717, 1.165) is 24.9 Å². The van der Waals surface area contributed by atoms with Crippen molar-refractivity contribution < 1.29 is 14.2 Å². The zero-order valence-electron chi connectivity index (χ0n) is 10.9. The number of rotatable bonds is 2. The van der Waals surface area contributed by atoms with Crippen LogP contribution in [0.2, 0.25) is 0 Å². The number of hydrogen-bond donors (Lipinski definition) is 2. The maximum atomic E-state index is 12.9. The fraction of sp³-hybridized carbons (Fsp3) is 0.600. The highest BCUT2D eigenvalue weighted by Gasteiger charge is 2.47. The zero-order valence-corrected chi connectivity index (χ0v) is 10.9. The van der Waals surface area contributed by atoms with Gasteiger partial charge in [-0.15, -0.1) is 0 Å². The van der Waals surface area contributed by atoms with E-state index in [9.17, 15) is 9.50 Å². The first kappa shape index (κ1) is 12.9. The molecule has 3 rings (SSSR count). The van der Waals surface area contributed by atoms with Crippen molar-refractivity contribution in [2.24, 2.45) is 5.92 Å². The largest absolute Gasteiger partial charge is 0.387 e. The van der Waals surface area contributed by atoms with Crippen LogP contribution >= 0.6 is 0 Å². The molecule has 0 spiro atoms. The molecule has 2 unspecified atom stereocenters. The smallest absolute Gasteiger partial charge is 0.123 e. The van der Waals surface area contributed by atoms with Gasteiger partial charge in [0.05, 0.1) is 18.2 Å². The SMILES string of the molecule is O[C@]12CCOCC1CCCC2Nc1ccc(F)cc1. The number of aliphatic hydroxyl groups is 1. The molecule has 4 heteroatoms. The maximum Gasteiger partial charge on any atom is 0.123 e. The van der Waals surface area contributed by atoms with Crippen molar-refractivity contribution in [3.05, 3.63) is 30.1 Å². The number of fused-ring (bicyclic) bond motifs is 1. The van der Waals surface area contributed by atoms with Crippen molar-refractivity contribution in [1.29, 1.82) is 0 Å². The van der Waals surface area contributed by atoms with Gasteiger partial charge in [-0.2, -0.15) is 0 Å². The molecule has 0 radical (unpaired) electrons. The Kier molecular flexibility index (Phi) is 3.46. The summed E-state index contributed by atoms with van der Waals surface area (Å²) >= 11 is 0. The van der Waals surface area contributed by atoms with Crippen molar-refractivity contribution >= 4 is 5.69 Å². The van der Waals surface area contributed by atoms with Crippen LogP contribution in [0.5, 0.6) is 0 Å². The molecule has 1 saturated heterocycles. The second-order valence-electron chi connectivity index (χ2n) is 5.65. The summed E-state index contributed by atoms with van der Waals surface area (Å²) in [5.41, 5.74) is 0.178. The van der Waals surface area contributed by atoms with Crippen LogP contribution < -0.4 is 5.32 Å². The summed E-state index contributed by atoms with van der Waals surface area (Å²) in [5, 5.41) is 14.3. The van der Waals surface area contributed by atoms with Crippen LogP contribution in [-0.4, -0.2) is 30.0 Å². The molecule has 2 fully saturated rings. The van der Waals surface area contributed by atoms with Crippen molar-refractivity contribution in [2.45, 2.75) is 37.3 Å². The van der Waals surface area contributed by atoms with Gasteiger partial charge >= 0.3 is 0 Å². The Morgan fingerprint density at radius 1 is 1.26 bits per heavy atom. The first-order valence-corrected chi connectivity index (χ1v) is 7.01. The molecule has 3 nitrogen and oxygen atoms in total. The van der Waals surface area contributed by atoms with Crippen molar-refractivity contribution in [3.8, 4) is 0 Å². The third kappa shape index (κ3) is 2.47. The quantitative estimate of drug-likeness (QED) is 0.863. The van der Waals surface area contributed by atoms with E-state index in [1.165, 1.54) is 12.1 Å². The van der Waals surface area contributed by atoms with E-state index in [1.807, 2.05) is 0 Å². The summed E-state index contributed by atoms with van der Waals surface area (Å²) in [6.07, 6.45) is 3.74. The van der Waals surface area contributed by atoms with Crippen LogP contribution in [0.15, 0.2) is 24.3 Å². The second kappa shape index (κ2) is 5.10. The molecule has 1 aliphatic heterocycles. The predicted octanol–water partition coefficient (Wildman–Crippen LogP) is 2.56. The van der Waals surface area contributed by atoms with E-state index >= 15 is 0 Å². The lowest BCUT2D eigenvalue weighted by Gasteiger charge is -2.48. The van der Waals surface area contributed by atoms with Gasteiger partial charge < -0.3 is 15.2 Å². The van der Waals surface area contributed by atoms with E-state index in [-0.39, 0.29) is 17.8 Å². The Morgan fingerprint density at radius 2 is 2.05 bits per heavy atom. The van der Waals surface area contributed by atoms with Gasteiger partial charge in [-0.3, -0.25) is 0 Å². The molecule has 1 aromatic rings. The fourth-order valence-electron chi connectivity index (χ4n) is 3.36. The van der Waals surface area contributed by atoms with E-state index in [1.54, 1.807) is 12.1 Å². The molecule has 19 heavy (non-hydrogen) atoms. The van der Waals surface area contributed by atoms with Gasteiger partial charge in [0.25, 0.3) is 0 Å². The molecule has 1 aliphatic carbocycles. The van der Waals surface area contributed by atoms with Gasteiger partial charge in [-0.25, -0.2) is 4.39 Å². The standard InChI is InChI=1S/C15H20FNO2/c16-12-4-6-13(7-5-12)17-14-3-1-2-11-10-19-9-8-15(11,14)18/h4-7,11,14,17-18H,1-3,8-10H2/t11?,14?,15-/m1/s1. The molecule has 1 saturated carbocycles. The molecule has 2 N–H and O–H groups in total. The van der Waals surface area contributed by atoms with E-state index in [0.29, 0.717) is 19.6 Å². The summed E-state index contributed by atoms with van der Waals surface area (Å²) in [6, 6.07) is 6.36. The van der Waals surface area contributed by atoms with Crippen LogP contribution in [0.25, 0.3) is 0 Å². The minimum Gasteiger partial charge on any atom is -0.387 e. The Hall–Kier alpha value is -1.13. The average Bonchev–Trinajstić information content (AvgIpc) is 2.42. The topological polar surface area (TPSA) is 41.5 Å². The summed E-state index contributed by atoms with van der Waals surface area (Å²) in [4.78, 5) is 0. The highest BCUT2D eigenvalue weighted by Crippen LogP contribution is 2.40. The highest BCUT2D eigenvalue weighted by molar-refractivity contribution is 5.44. The molecular formula is C15H20FNO2. The number of anilines is 1. The van der Waals surface area contributed by atoms with Crippen molar-refractivity contribution in [1.82, 2.24) is 0 Å².